The molecule has 6 heterocycles. The highest BCUT2D eigenvalue weighted by atomic mass is 16.5. The van der Waals surface area contributed by atoms with Crippen molar-refractivity contribution < 1.29 is 33.4 Å². The number of H-pyrrole nitrogens is 2. The number of pyridine rings is 1. The molecule has 2 aromatic carbocycles. The summed E-state index contributed by atoms with van der Waals surface area (Å²) in [6, 6.07) is 14.8. The molecular formula is C45H53N9O7. The maximum atomic E-state index is 14.0. The van der Waals surface area contributed by atoms with Crippen LogP contribution in [-0.2, 0) is 23.8 Å². The minimum Gasteiger partial charge on any atom is -0.453 e. The molecule has 4 atom stereocenters. The van der Waals surface area contributed by atoms with Gasteiger partial charge in [0.2, 0.25) is 11.8 Å². The standard InChI is InChI=1S/C45H53N9O7/c1-26(2)38(51-44(57)59-3)42(55)53-17-5-7-36(53)40-47-24-34(49-40)31-12-11-28-21-30(10-9-29(28)22-31)32-13-14-33(46-23-32)35-25-48-41(50-35)37-8-6-18-54(37)43(56)39(52-45(58)60-4)27-15-19-61-20-16-27/h9-14,21-27,36-39H,5-8,15-20H2,1-4H3,(H,47,49)(H,48,50)(H,51,57)(H,52,58). The van der Waals surface area contributed by atoms with Crippen LogP contribution in [0.25, 0.3) is 44.5 Å². The zero-order valence-electron chi connectivity index (χ0n) is 35.0. The van der Waals surface area contributed by atoms with Crippen LogP contribution in [-0.4, -0.2) is 111 Å². The number of alkyl carbamates (subject to hydrolysis) is 2. The first-order chi connectivity index (χ1) is 29.6. The van der Waals surface area contributed by atoms with Gasteiger partial charge in [-0.05, 0) is 84.9 Å². The van der Waals surface area contributed by atoms with Gasteiger partial charge in [-0.2, -0.15) is 0 Å². The molecule has 3 fully saturated rings. The number of methoxy groups -OCH3 is 2. The molecule has 8 rings (SSSR count). The van der Waals surface area contributed by atoms with Crippen molar-refractivity contribution in [2.75, 3.05) is 40.5 Å². The topological polar surface area (TPSA) is 197 Å². The fraction of sp³-hybridized carbons (Fsp3) is 0.444. The number of likely N-dealkylation sites (tertiary alicyclic amines) is 2. The Labute approximate surface area is 354 Å². The van der Waals surface area contributed by atoms with Gasteiger partial charge in [0, 0.05) is 43.6 Å². The molecule has 0 radical (unpaired) electrons. The van der Waals surface area contributed by atoms with E-state index >= 15 is 0 Å². The first-order valence-electron chi connectivity index (χ1n) is 21.1. The summed E-state index contributed by atoms with van der Waals surface area (Å²) in [4.78, 5) is 76.5. The Morgan fingerprint density at radius 3 is 1.89 bits per heavy atom. The first-order valence-corrected chi connectivity index (χ1v) is 21.1. The minimum atomic E-state index is -0.695. The van der Waals surface area contributed by atoms with Gasteiger partial charge in [0.05, 0.1) is 55.8 Å². The Hall–Kier alpha value is -6.29. The number of ether oxygens (including phenoxy) is 3. The van der Waals surface area contributed by atoms with E-state index in [4.69, 9.17) is 29.2 Å². The maximum absolute atomic E-state index is 14.0. The molecule has 0 bridgehead atoms. The van der Waals surface area contributed by atoms with Crippen molar-refractivity contribution in [3.8, 4) is 33.8 Å². The number of rotatable bonds is 11. The molecule has 3 aliphatic rings. The van der Waals surface area contributed by atoms with Crippen molar-refractivity contribution >= 4 is 34.8 Å². The van der Waals surface area contributed by atoms with Crippen LogP contribution in [0, 0.1) is 11.8 Å². The van der Waals surface area contributed by atoms with Gasteiger partial charge in [0.15, 0.2) is 0 Å². The van der Waals surface area contributed by atoms with E-state index in [0.29, 0.717) is 45.0 Å². The number of aromatic nitrogens is 5. The van der Waals surface area contributed by atoms with E-state index in [0.717, 1.165) is 76.1 Å². The molecular weight excluding hydrogens is 779 g/mol. The molecule has 320 valence electrons. The molecule has 3 saturated heterocycles. The normalized spacial score (nSPS) is 19.2. The first kappa shape index (κ1) is 41.4. The van der Waals surface area contributed by atoms with Crippen LogP contribution in [0.4, 0.5) is 9.59 Å². The summed E-state index contributed by atoms with van der Waals surface area (Å²) in [5.74, 6) is 0.995. The molecule has 61 heavy (non-hydrogen) atoms. The molecule has 16 heteroatoms. The lowest BCUT2D eigenvalue weighted by Crippen LogP contribution is -2.53. The van der Waals surface area contributed by atoms with Crippen LogP contribution in [0.5, 0.6) is 0 Å². The highest BCUT2D eigenvalue weighted by Gasteiger charge is 2.41. The highest BCUT2D eigenvalue weighted by molar-refractivity contribution is 5.91. The Bertz CT molecular complexity index is 2370. The molecule has 0 saturated carbocycles. The van der Waals surface area contributed by atoms with Crippen LogP contribution >= 0.6 is 0 Å². The second kappa shape index (κ2) is 18.1. The second-order valence-corrected chi connectivity index (χ2v) is 16.4. The van der Waals surface area contributed by atoms with Crippen molar-refractivity contribution in [2.45, 2.75) is 76.5 Å². The van der Waals surface area contributed by atoms with Crippen LogP contribution in [0.1, 0.15) is 76.1 Å². The van der Waals surface area contributed by atoms with Crippen LogP contribution in [0.3, 0.4) is 0 Å². The summed E-state index contributed by atoms with van der Waals surface area (Å²) in [6.07, 6.45) is 8.76. The number of nitrogens with one attached hydrogen (secondary N) is 4. The summed E-state index contributed by atoms with van der Waals surface area (Å²) < 4.78 is 15.1. The molecule has 4 amide bonds. The van der Waals surface area contributed by atoms with E-state index in [1.807, 2.05) is 48.2 Å². The van der Waals surface area contributed by atoms with Gasteiger partial charge in [0.25, 0.3) is 0 Å². The average molecular weight is 832 g/mol. The number of fused-ring (bicyclic) bond motifs is 1. The zero-order valence-corrected chi connectivity index (χ0v) is 35.0. The fourth-order valence-electron chi connectivity index (χ4n) is 8.91. The van der Waals surface area contributed by atoms with Crippen molar-refractivity contribution in [2.24, 2.45) is 11.8 Å². The maximum Gasteiger partial charge on any atom is 0.407 e. The number of carbonyl (C=O) groups is 4. The fourth-order valence-corrected chi connectivity index (χ4v) is 8.91. The third kappa shape index (κ3) is 8.81. The third-order valence-corrected chi connectivity index (χ3v) is 12.3. The predicted octanol–water partition coefficient (Wildman–Crippen LogP) is 6.54. The zero-order chi connectivity index (χ0) is 42.6. The monoisotopic (exact) mass is 831 g/mol. The molecule has 16 nitrogen and oxygen atoms in total. The average Bonchev–Trinajstić information content (AvgIpc) is 4.14. The number of imidazole rings is 2. The Kier molecular flexibility index (Phi) is 12.3. The quantitative estimate of drug-likeness (QED) is 0.113. The van der Waals surface area contributed by atoms with E-state index < -0.39 is 24.3 Å². The van der Waals surface area contributed by atoms with E-state index in [1.165, 1.54) is 14.2 Å². The molecule has 0 aliphatic carbocycles. The number of hydrogen-bond acceptors (Lipinski definition) is 10. The SMILES string of the molecule is COC(=O)NC(C(=O)N1CCCC1c1ncc(-c2ccc3cc(-c4ccc(-c5cnc(C6CCCN6C(=O)C(NC(=O)OC)C6CCOCC6)[nH]5)nc4)ccc3c2)[nH]1)C(C)C. The minimum absolute atomic E-state index is 0.0365. The molecule has 4 N–H and O–H groups in total. The number of carbonyl (C=O) groups excluding carboxylic acids is 4. The molecule has 3 aromatic heterocycles. The summed E-state index contributed by atoms with van der Waals surface area (Å²) in [6.45, 7) is 6.08. The van der Waals surface area contributed by atoms with Crippen LogP contribution in [0.2, 0.25) is 0 Å². The van der Waals surface area contributed by atoms with E-state index in [2.05, 4.69) is 57.0 Å². The summed E-state index contributed by atoms with van der Waals surface area (Å²) in [5, 5.41) is 7.65. The van der Waals surface area contributed by atoms with Gasteiger partial charge in [-0.1, -0.05) is 44.2 Å². The number of benzene rings is 2. The lowest BCUT2D eigenvalue weighted by Gasteiger charge is -2.34. The van der Waals surface area contributed by atoms with Crippen LogP contribution < -0.4 is 10.6 Å². The van der Waals surface area contributed by atoms with E-state index in [1.54, 1.807) is 6.20 Å². The summed E-state index contributed by atoms with van der Waals surface area (Å²) >= 11 is 0. The van der Waals surface area contributed by atoms with Gasteiger partial charge < -0.3 is 44.6 Å². The van der Waals surface area contributed by atoms with Gasteiger partial charge in [-0.25, -0.2) is 19.6 Å². The molecule has 0 spiro atoms. The lowest BCUT2D eigenvalue weighted by molar-refractivity contribution is -0.137. The van der Waals surface area contributed by atoms with E-state index in [9.17, 15) is 19.2 Å². The number of hydrogen-bond donors (Lipinski definition) is 4. The van der Waals surface area contributed by atoms with Crippen molar-refractivity contribution in [3.63, 3.8) is 0 Å². The molecule has 4 unspecified atom stereocenters. The summed E-state index contributed by atoms with van der Waals surface area (Å²) in [5.41, 5.74) is 5.32. The number of nitrogens with zero attached hydrogens (tertiary/aromatic N) is 5. The third-order valence-electron chi connectivity index (χ3n) is 12.3. The smallest absolute Gasteiger partial charge is 0.407 e. The van der Waals surface area contributed by atoms with Crippen molar-refractivity contribution in [1.82, 2.24) is 45.4 Å². The van der Waals surface area contributed by atoms with Crippen LogP contribution in [0.15, 0.2) is 67.1 Å². The summed E-state index contributed by atoms with van der Waals surface area (Å²) in [7, 11) is 2.59. The van der Waals surface area contributed by atoms with Crippen molar-refractivity contribution in [3.05, 3.63) is 78.8 Å². The van der Waals surface area contributed by atoms with Gasteiger partial charge in [0.1, 0.15) is 23.7 Å². The van der Waals surface area contributed by atoms with Gasteiger partial charge >= 0.3 is 12.2 Å². The van der Waals surface area contributed by atoms with Gasteiger partial charge in [-0.3, -0.25) is 14.6 Å². The molecule has 5 aromatic rings. The Balaban J connectivity index is 0.935. The van der Waals surface area contributed by atoms with E-state index in [-0.39, 0.29) is 35.7 Å². The predicted molar refractivity (Wildman–Crippen MR) is 227 cm³/mol. The lowest BCUT2D eigenvalue weighted by atomic mass is 9.90. The highest BCUT2D eigenvalue weighted by Crippen LogP contribution is 2.36. The number of amides is 4. The molecule has 3 aliphatic heterocycles. The Morgan fingerprint density at radius 1 is 0.689 bits per heavy atom. The largest absolute Gasteiger partial charge is 0.453 e. The number of aromatic amines is 2. The van der Waals surface area contributed by atoms with Crippen molar-refractivity contribution in [1.29, 1.82) is 0 Å². The Morgan fingerprint density at radius 2 is 1.26 bits per heavy atom. The second-order valence-electron chi connectivity index (χ2n) is 16.4. The van der Waals surface area contributed by atoms with Gasteiger partial charge in [-0.15, -0.1) is 0 Å².